The van der Waals surface area contributed by atoms with Crippen molar-refractivity contribution in [2.75, 3.05) is 38.1 Å². The molecule has 0 radical (unpaired) electrons. The van der Waals surface area contributed by atoms with Gasteiger partial charge in [0.1, 0.15) is 0 Å². The van der Waals surface area contributed by atoms with Crippen molar-refractivity contribution in [3.05, 3.63) is 28.2 Å². The average molecular weight is 326 g/mol. The number of halogens is 1. The Morgan fingerprint density at radius 2 is 1.89 bits per heavy atom. The Morgan fingerprint density at radius 3 is 2.47 bits per heavy atom. The van der Waals surface area contributed by atoms with Crippen LogP contribution in [0.15, 0.2) is 22.7 Å². The van der Waals surface area contributed by atoms with Gasteiger partial charge in [-0.15, -0.1) is 0 Å². The predicted molar refractivity (Wildman–Crippen MR) is 85.8 cm³/mol. The first kappa shape index (κ1) is 14.8. The molecular formula is C15H24BrN3. The third-order valence-electron chi connectivity index (χ3n) is 3.79. The van der Waals surface area contributed by atoms with Crippen LogP contribution in [0, 0.1) is 0 Å². The molecule has 1 heterocycles. The predicted octanol–water partition coefficient (Wildman–Crippen LogP) is 2.70. The summed E-state index contributed by atoms with van der Waals surface area (Å²) in [4.78, 5) is 5.06. The van der Waals surface area contributed by atoms with E-state index in [9.17, 15) is 0 Å². The van der Waals surface area contributed by atoms with Gasteiger partial charge in [-0.2, -0.15) is 0 Å². The van der Waals surface area contributed by atoms with Crippen molar-refractivity contribution in [1.82, 2.24) is 10.2 Å². The van der Waals surface area contributed by atoms with Gasteiger partial charge in [-0.05, 0) is 44.7 Å². The number of benzene rings is 1. The summed E-state index contributed by atoms with van der Waals surface area (Å²) in [6.07, 6.45) is 0. The maximum Gasteiger partial charge on any atom is 0.0413 e. The molecule has 1 fully saturated rings. The van der Waals surface area contributed by atoms with Crippen LogP contribution >= 0.6 is 15.9 Å². The average Bonchev–Trinajstić information content (AvgIpc) is 2.39. The Hall–Kier alpha value is -0.580. The van der Waals surface area contributed by atoms with E-state index in [-0.39, 0.29) is 0 Å². The Balaban J connectivity index is 2.10. The monoisotopic (exact) mass is 325 g/mol. The van der Waals surface area contributed by atoms with E-state index in [0.29, 0.717) is 6.04 Å². The van der Waals surface area contributed by atoms with Crippen molar-refractivity contribution in [2.45, 2.75) is 26.4 Å². The topological polar surface area (TPSA) is 18.5 Å². The number of anilines is 1. The molecule has 0 aromatic heterocycles. The third kappa shape index (κ3) is 3.71. The lowest BCUT2D eigenvalue weighted by molar-refractivity contribution is 0.209. The van der Waals surface area contributed by atoms with Gasteiger partial charge in [0, 0.05) is 48.9 Å². The van der Waals surface area contributed by atoms with E-state index in [1.165, 1.54) is 11.3 Å². The Bertz CT molecular complexity index is 412. The molecule has 106 valence electrons. The Kier molecular flexibility index (Phi) is 5.25. The van der Waals surface area contributed by atoms with Crippen molar-refractivity contribution in [3.63, 3.8) is 0 Å². The van der Waals surface area contributed by atoms with Crippen molar-refractivity contribution in [3.8, 4) is 0 Å². The molecule has 0 unspecified atom stereocenters. The van der Waals surface area contributed by atoms with Crippen LogP contribution in [0.4, 0.5) is 5.69 Å². The summed E-state index contributed by atoms with van der Waals surface area (Å²) in [5.74, 6) is 0. The van der Waals surface area contributed by atoms with Crippen LogP contribution in [0.2, 0.25) is 0 Å². The van der Waals surface area contributed by atoms with Crippen LogP contribution in [-0.2, 0) is 6.54 Å². The van der Waals surface area contributed by atoms with E-state index < -0.39 is 0 Å². The zero-order valence-corrected chi connectivity index (χ0v) is 13.7. The standard InChI is InChI=1S/C15H24BrN3/c1-12(2)18-6-8-19(9-7-18)15-5-4-14(16)10-13(15)11-17-3/h4-5,10,12,17H,6-9,11H2,1-3H3. The molecule has 1 aliphatic heterocycles. The molecule has 0 bridgehead atoms. The van der Waals surface area contributed by atoms with Crippen LogP contribution in [0.3, 0.4) is 0 Å². The van der Waals surface area contributed by atoms with E-state index in [0.717, 1.165) is 37.2 Å². The molecule has 2 rings (SSSR count). The van der Waals surface area contributed by atoms with Gasteiger partial charge in [-0.3, -0.25) is 4.90 Å². The fraction of sp³-hybridized carbons (Fsp3) is 0.600. The van der Waals surface area contributed by atoms with Gasteiger partial charge in [0.2, 0.25) is 0 Å². The van der Waals surface area contributed by atoms with Crippen molar-refractivity contribution >= 4 is 21.6 Å². The number of rotatable bonds is 4. The number of nitrogens with one attached hydrogen (secondary N) is 1. The van der Waals surface area contributed by atoms with Gasteiger partial charge in [0.05, 0.1) is 0 Å². The first-order valence-electron chi connectivity index (χ1n) is 7.04. The summed E-state index contributed by atoms with van der Waals surface area (Å²) >= 11 is 3.56. The first-order valence-corrected chi connectivity index (χ1v) is 7.83. The summed E-state index contributed by atoms with van der Waals surface area (Å²) < 4.78 is 1.15. The van der Waals surface area contributed by atoms with E-state index in [4.69, 9.17) is 0 Å². The van der Waals surface area contributed by atoms with Crippen LogP contribution in [-0.4, -0.2) is 44.2 Å². The Morgan fingerprint density at radius 1 is 1.21 bits per heavy atom. The van der Waals surface area contributed by atoms with Gasteiger partial charge in [-0.25, -0.2) is 0 Å². The second kappa shape index (κ2) is 6.73. The minimum Gasteiger partial charge on any atom is -0.369 e. The van der Waals surface area contributed by atoms with Crippen molar-refractivity contribution < 1.29 is 0 Å². The summed E-state index contributed by atoms with van der Waals surface area (Å²) in [5, 5.41) is 3.26. The van der Waals surface area contributed by atoms with E-state index in [2.05, 4.69) is 63.1 Å². The zero-order valence-electron chi connectivity index (χ0n) is 12.1. The molecule has 1 aromatic carbocycles. The maximum atomic E-state index is 3.56. The summed E-state index contributed by atoms with van der Waals surface area (Å²) in [7, 11) is 2.00. The second-order valence-electron chi connectivity index (χ2n) is 5.42. The molecule has 0 amide bonds. The van der Waals surface area contributed by atoms with Crippen LogP contribution < -0.4 is 10.2 Å². The molecular weight excluding hydrogens is 302 g/mol. The van der Waals surface area contributed by atoms with E-state index in [1.54, 1.807) is 0 Å². The van der Waals surface area contributed by atoms with Crippen LogP contribution in [0.1, 0.15) is 19.4 Å². The van der Waals surface area contributed by atoms with Gasteiger partial charge in [-0.1, -0.05) is 15.9 Å². The van der Waals surface area contributed by atoms with Crippen molar-refractivity contribution in [1.29, 1.82) is 0 Å². The number of nitrogens with zero attached hydrogens (tertiary/aromatic N) is 2. The molecule has 19 heavy (non-hydrogen) atoms. The number of hydrogen-bond donors (Lipinski definition) is 1. The molecule has 1 aliphatic rings. The molecule has 1 saturated heterocycles. The smallest absolute Gasteiger partial charge is 0.0413 e. The zero-order chi connectivity index (χ0) is 13.8. The lowest BCUT2D eigenvalue weighted by atomic mass is 10.1. The van der Waals surface area contributed by atoms with Crippen LogP contribution in [0.5, 0.6) is 0 Å². The van der Waals surface area contributed by atoms with Gasteiger partial charge in [0.25, 0.3) is 0 Å². The van der Waals surface area contributed by atoms with Gasteiger partial charge >= 0.3 is 0 Å². The summed E-state index contributed by atoms with van der Waals surface area (Å²) in [6, 6.07) is 7.26. The molecule has 0 atom stereocenters. The van der Waals surface area contributed by atoms with Gasteiger partial charge in [0.15, 0.2) is 0 Å². The third-order valence-corrected chi connectivity index (χ3v) is 4.29. The minimum atomic E-state index is 0.656. The quantitative estimate of drug-likeness (QED) is 0.918. The highest BCUT2D eigenvalue weighted by molar-refractivity contribution is 9.10. The normalized spacial score (nSPS) is 17.2. The highest BCUT2D eigenvalue weighted by atomic mass is 79.9. The lowest BCUT2D eigenvalue weighted by Gasteiger charge is -2.39. The second-order valence-corrected chi connectivity index (χ2v) is 6.34. The summed E-state index contributed by atoms with van der Waals surface area (Å²) in [6.45, 7) is 10.0. The fourth-order valence-corrected chi connectivity index (χ4v) is 3.08. The SMILES string of the molecule is CNCc1cc(Br)ccc1N1CCN(C(C)C)CC1. The fourth-order valence-electron chi connectivity index (χ4n) is 2.67. The highest BCUT2D eigenvalue weighted by Crippen LogP contribution is 2.26. The molecule has 0 aliphatic carbocycles. The van der Waals surface area contributed by atoms with Gasteiger partial charge < -0.3 is 10.2 Å². The van der Waals surface area contributed by atoms with Crippen molar-refractivity contribution in [2.24, 2.45) is 0 Å². The van der Waals surface area contributed by atoms with Crippen LogP contribution in [0.25, 0.3) is 0 Å². The molecule has 4 heteroatoms. The molecule has 0 spiro atoms. The highest BCUT2D eigenvalue weighted by Gasteiger charge is 2.20. The first-order chi connectivity index (χ1) is 9.11. The van der Waals surface area contributed by atoms with E-state index in [1.807, 2.05) is 7.05 Å². The number of piperazine rings is 1. The molecule has 1 N–H and O–H groups in total. The Labute approximate surface area is 125 Å². The molecule has 1 aromatic rings. The largest absolute Gasteiger partial charge is 0.369 e. The lowest BCUT2D eigenvalue weighted by Crippen LogP contribution is -2.49. The van der Waals surface area contributed by atoms with E-state index >= 15 is 0 Å². The minimum absolute atomic E-state index is 0.656. The molecule has 3 nitrogen and oxygen atoms in total. The number of hydrogen-bond acceptors (Lipinski definition) is 3. The summed E-state index contributed by atoms with van der Waals surface area (Å²) in [5.41, 5.74) is 2.75. The molecule has 0 saturated carbocycles. The maximum absolute atomic E-state index is 3.56.